The van der Waals surface area contributed by atoms with Crippen molar-refractivity contribution in [3.63, 3.8) is 0 Å². The third kappa shape index (κ3) is 3.45. The summed E-state index contributed by atoms with van der Waals surface area (Å²) in [5.74, 6) is 0. The van der Waals surface area contributed by atoms with Crippen LogP contribution in [0.1, 0.15) is 30.3 Å². The van der Waals surface area contributed by atoms with Crippen molar-refractivity contribution in [3.05, 3.63) is 45.7 Å². The highest BCUT2D eigenvalue weighted by Crippen LogP contribution is 2.22. The van der Waals surface area contributed by atoms with Crippen molar-refractivity contribution >= 4 is 15.9 Å². The van der Waals surface area contributed by atoms with E-state index in [-0.39, 0.29) is 0 Å². The molecule has 0 saturated heterocycles. The highest BCUT2D eigenvalue weighted by Gasteiger charge is 2.06. The molecule has 0 aliphatic carbocycles. The molecule has 0 radical (unpaired) electrons. The molecule has 0 saturated carbocycles. The number of hydrogen-bond donors (Lipinski definition) is 1. The molecule has 102 valence electrons. The van der Waals surface area contributed by atoms with Crippen LogP contribution in [0.4, 0.5) is 0 Å². The lowest BCUT2D eigenvalue weighted by Gasteiger charge is -2.09. The van der Waals surface area contributed by atoms with Gasteiger partial charge in [0.05, 0.1) is 11.4 Å². The molecule has 0 amide bonds. The second-order valence-corrected chi connectivity index (χ2v) is 5.65. The monoisotopic (exact) mass is 321 g/mol. The SMILES string of the molecule is CCCNCc1ccc(-n2nc(C)cc2C)cc1Br. The Morgan fingerprint density at radius 1 is 1.26 bits per heavy atom. The van der Waals surface area contributed by atoms with Crippen molar-refractivity contribution < 1.29 is 0 Å². The fraction of sp³-hybridized carbons (Fsp3) is 0.400. The van der Waals surface area contributed by atoms with E-state index < -0.39 is 0 Å². The fourth-order valence-electron chi connectivity index (χ4n) is 2.10. The summed E-state index contributed by atoms with van der Waals surface area (Å²) in [7, 11) is 0. The highest BCUT2D eigenvalue weighted by atomic mass is 79.9. The number of aryl methyl sites for hydroxylation is 2. The van der Waals surface area contributed by atoms with Crippen molar-refractivity contribution in [1.82, 2.24) is 15.1 Å². The molecule has 4 heteroatoms. The van der Waals surface area contributed by atoms with Gasteiger partial charge in [0.2, 0.25) is 0 Å². The number of nitrogens with one attached hydrogen (secondary N) is 1. The molecule has 0 unspecified atom stereocenters. The van der Waals surface area contributed by atoms with Gasteiger partial charge in [-0.1, -0.05) is 28.9 Å². The Kier molecular flexibility index (Phi) is 4.77. The molecule has 19 heavy (non-hydrogen) atoms. The molecule has 0 aliphatic heterocycles. The maximum absolute atomic E-state index is 4.51. The van der Waals surface area contributed by atoms with Crippen molar-refractivity contribution in [2.24, 2.45) is 0 Å². The molecule has 0 aliphatic rings. The van der Waals surface area contributed by atoms with Gasteiger partial charge in [0.15, 0.2) is 0 Å². The lowest BCUT2D eigenvalue weighted by Crippen LogP contribution is -2.14. The Hall–Kier alpha value is -1.13. The summed E-state index contributed by atoms with van der Waals surface area (Å²) in [5.41, 5.74) is 4.57. The fourth-order valence-corrected chi connectivity index (χ4v) is 2.61. The second kappa shape index (κ2) is 6.35. The molecule has 1 aromatic carbocycles. The molecule has 0 atom stereocenters. The van der Waals surface area contributed by atoms with Crippen LogP contribution in [0, 0.1) is 13.8 Å². The van der Waals surface area contributed by atoms with Crippen molar-refractivity contribution in [2.45, 2.75) is 33.7 Å². The molecule has 0 bridgehead atoms. The van der Waals surface area contributed by atoms with E-state index in [1.54, 1.807) is 0 Å². The largest absolute Gasteiger partial charge is 0.313 e. The Morgan fingerprint density at radius 3 is 2.63 bits per heavy atom. The Bertz CT molecular complexity index is 561. The zero-order chi connectivity index (χ0) is 13.8. The summed E-state index contributed by atoms with van der Waals surface area (Å²) < 4.78 is 3.10. The molecule has 1 N–H and O–H groups in total. The topological polar surface area (TPSA) is 29.9 Å². The van der Waals surface area contributed by atoms with Gasteiger partial charge in [-0.15, -0.1) is 0 Å². The predicted octanol–water partition coefficient (Wildman–Crippen LogP) is 3.75. The zero-order valence-electron chi connectivity index (χ0n) is 11.7. The van der Waals surface area contributed by atoms with Gasteiger partial charge in [-0.2, -0.15) is 5.10 Å². The molecule has 1 aromatic heterocycles. The Morgan fingerprint density at radius 2 is 2.05 bits per heavy atom. The van der Waals surface area contributed by atoms with E-state index in [4.69, 9.17) is 0 Å². The molecule has 2 aromatic rings. The average Bonchev–Trinajstić information content (AvgIpc) is 2.71. The predicted molar refractivity (Wildman–Crippen MR) is 82.7 cm³/mol. The summed E-state index contributed by atoms with van der Waals surface area (Å²) in [4.78, 5) is 0. The van der Waals surface area contributed by atoms with E-state index in [0.29, 0.717) is 0 Å². The summed E-state index contributed by atoms with van der Waals surface area (Å²) in [6, 6.07) is 8.48. The van der Waals surface area contributed by atoms with E-state index in [2.05, 4.69) is 64.5 Å². The number of rotatable bonds is 5. The first-order valence-corrected chi connectivity index (χ1v) is 7.44. The lowest BCUT2D eigenvalue weighted by molar-refractivity contribution is 0.673. The maximum Gasteiger partial charge on any atom is 0.0660 e. The van der Waals surface area contributed by atoms with Crippen molar-refractivity contribution in [2.75, 3.05) is 6.54 Å². The van der Waals surface area contributed by atoms with Gasteiger partial charge < -0.3 is 5.32 Å². The maximum atomic E-state index is 4.51. The minimum Gasteiger partial charge on any atom is -0.313 e. The van der Waals surface area contributed by atoms with Crippen LogP contribution in [-0.4, -0.2) is 16.3 Å². The molecular formula is C15H20BrN3. The van der Waals surface area contributed by atoms with E-state index in [9.17, 15) is 0 Å². The Balaban J connectivity index is 2.21. The van der Waals surface area contributed by atoms with E-state index in [1.807, 2.05) is 11.6 Å². The van der Waals surface area contributed by atoms with Gasteiger partial charge in [0.25, 0.3) is 0 Å². The first kappa shape index (κ1) is 14.3. The van der Waals surface area contributed by atoms with Gasteiger partial charge in [-0.3, -0.25) is 0 Å². The normalized spacial score (nSPS) is 10.9. The summed E-state index contributed by atoms with van der Waals surface area (Å²) in [5, 5.41) is 7.92. The molecule has 1 heterocycles. The van der Waals surface area contributed by atoms with Crippen LogP contribution in [0.25, 0.3) is 5.69 Å². The molecule has 3 nitrogen and oxygen atoms in total. The van der Waals surface area contributed by atoms with Gasteiger partial charge in [-0.05, 0) is 50.6 Å². The number of aromatic nitrogens is 2. The smallest absolute Gasteiger partial charge is 0.0660 e. The minimum atomic E-state index is 0.895. The van der Waals surface area contributed by atoms with E-state index >= 15 is 0 Å². The average molecular weight is 322 g/mol. The van der Waals surface area contributed by atoms with Gasteiger partial charge in [0.1, 0.15) is 0 Å². The van der Waals surface area contributed by atoms with Gasteiger partial charge >= 0.3 is 0 Å². The summed E-state index contributed by atoms with van der Waals surface area (Å²) >= 11 is 3.65. The quantitative estimate of drug-likeness (QED) is 0.850. The van der Waals surface area contributed by atoms with Crippen LogP contribution >= 0.6 is 15.9 Å². The van der Waals surface area contributed by atoms with Crippen LogP contribution in [0.5, 0.6) is 0 Å². The number of benzene rings is 1. The van der Waals surface area contributed by atoms with Crippen LogP contribution in [0.2, 0.25) is 0 Å². The number of hydrogen-bond acceptors (Lipinski definition) is 2. The lowest BCUT2D eigenvalue weighted by atomic mass is 10.2. The number of halogens is 1. The highest BCUT2D eigenvalue weighted by molar-refractivity contribution is 9.10. The third-order valence-corrected chi connectivity index (χ3v) is 3.77. The van der Waals surface area contributed by atoms with Crippen LogP contribution in [0.15, 0.2) is 28.7 Å². The summed E-state index contributed by atoms with van der Waals surface area (Å²) in [6.45, 7) is 8.21. The first-order chi connectivity index (χ1) is 9.11. The third-order valence-electron chi connectivity index (χ3n) is 3.03. The Labute approximate surface area is 123 Å². The number of nitrogens with zero attached hydrogens (tertiary/aromatic N) is 2. The first-order valence-electron chi connectivity index (χ1n) is 6.64. The van der Waals surface area contributed by atoms with Crippen LogP contribution in [-0.2, 0) is 6.54 Å². The minimum absolute atomic E-state index is 0.895. The molecule has 2 rings (SSSR count). The van der Waals surface area contributed by atoms with E-state index in [1.165, 1.54) is 5.56 Å². The van der Waals surface area contributed by atoms with Crippen molar-refractivity contribution in [3.8, 4) is 5.69 Å². The summed E-state index contributed by atoms with van der Waals surface area (Å²) in [6.07, 6.45) is 1.15. The van der Waals surface area contributed by atoms with Crippen LogP contribution < -0.4 is 5.32 Å². The van der Waals surface area contributed by atoms with Crippen LogP contribution in [0.3, 0.4) is 0 Å². The molecule has 0 fully saturated rings. The molecular weight excluding hydrogens is 302 g/mol. The zero-order valence-corrected chi connectivity index (χ0v) is 13.3. The van der Waals surface area contributed by atoms with Crippen molar-refractivity contribution in [1.29, 1.82) is 0 Å². The standard InChI is InChI=1S/C15H20BrN3/c1-4-7-17-10-13-5-6-14(9-15(13)16)19-12(3)8-11(2)18-19/h5-6,8-9,17H,4,7,10H2,1-3H3. The second-order valence-electron chi connectivity index (χ2n) is 4.79. The van der Waals surface area contributed by atoms with E-state index in [0.717, 1.165) is 41.1 Å². The molecule has 0 spiro atoms. The van der Waals surface area contributed by atoms with Gasteiger partial charge in [-0.25, -0.2) is 4.68 Å². The van der Waals surface area contributed by atoms with Gasteiger partial charge in [0, 0.05) is 16.7 Å².